The number of unbranched alkanes of at least 4 members (excludes halogenated alkanes) is 3. The van der Waals surface area contributed by atoms with E-state index >= 15 is 0 Å². The monoisotopic (exact) mass is 242 g/mol. The second-order valence-electron chi connectivity index (χ2n) is 3.16. The molecular formula is C9H16Cl2O3. The van der Waals surface area contributed by atoms with Crippen LogP contribution in [-0.4, -0.2) is 21.3 Å². The van der Waals surface area contributed by atoms with Crippen LogP contribution in [0.15, 0.2) is 10.1 Å². The lowest BCUT2D eigenvalue weighted by atomic mass is 10.1. The quantitative estimate of drug-likeness (QED) is 0.495. The van der Waals surface area contributed by atoms with Crippen molar-refractivity contribution in [2.24, 2.45) is 0 Å². The number of halogens is 2. The lowest BCUT2D eigenvalue weighted by molar-refractivity contribution is -0.277. The van der Waals surface area contributed by atoms with Gasteiger partial charge >= 0.3 is 5.97 Å². The summed E-state index contributed by atoms with van der Waals surface area (Å²) >= 11 is 11.1. The van der Waals surface area contributed by atoms with Gasteiger partial charge in [-0.25, -0.2) is 0 Å². The Labute approximate surface area is 94.0 Å². The van der Waals surface area contributed by atoms with Crippen molar-refractivity contribution in [2.45, 2.75) is 45.0 Å². The van der Waals surface area contributed by atoms with E-state index in [1.54, 1.807) is 0 Å². The zero-order chi connectivity index (χ0) is 11.2. The summed E-state index contributed by atoms with van der Waals surface area (Å²) in [6, 6.07) is 0. The summed E-state index contributed by atoms with van der Waals surface area (Å²) in [4.78, 5) is 0. The van der Waals surface area contributed by atoms with Crippen molar-refractivity contribution in [2.75, 3.05) is 0 Å². The van der Waals surface area contributed by atoms with Crippen LogP contribution in [0.5, 0.6) is 0 Å². The first-order chi connectivity index (χ1) is 6.39. The molecule has 0 rings (SSSR count). The molecule has 5 heteroatoms. The molecule has 0 amide bonds. The van der Waals surface area contributed by atoms with E-state index in [1.807, 2.05) is 0 Å². The second-order valence-corrected chi connectivity index (χ2v) is 4.00. The predicted molar refractivity (Wildman–Crippen MR) is 56.9 cm³/mol. The van der Waals surface area contributed by atoms with Crippen LogP contribution in [0.25, 0.3) is 0 Å². The molecule has 0 saturated carbocycles. The SMILES string of the molecule is CCCCCC/C(Cl)=C(\Cl)C(O)(O)O. The summed E-state index contributed by atoms with van der Waals surface area (Å²) in [6.07, 6.45) is 4.48. The minimum absolute atomic E-state index is 0.0928. The molecule has 0 heterocycles. The standard InChI is InChI=1S/C9H16Cl2O3/c1-2-3-4-5-6-7(10)8(11)9(12,13)14/h12-14H,2-6H2,1H3/b8-7+. The van der Waals surface area contributed by atoms with Crippen LogP contribution in [-0.2, 0) is 0 Å². The second kappa shape index (κ2) is 6.64. The molecule has 0 aromatic rings. The summed E-state index contributed by atoms with van der Waals surface area (Å²) in [5, 5.41) is 25.7. The van der Waals surface area contributed by atoms with Gasteiger partial charge < -0.3 is 15.3 Å². The summed E-state index contributed by atoms with van der Waals surface area (Å²) in [6.45, 7) is 2.09. The average molecular weight is 243 g/mol. The number of hydrogen-bond acceptors (Lipinski definition) is 3. The molecule has 0 aromatic carbocycles. The Morgan fingerprint density at radius 1 is 1.07 bits per heavy atom. The van der Waals surface area contributed by atoms with Crippen LogP contribution in [0.3, 0.4) is 0 Å². The first-order valence-corrected chi connectivity index (χ1v) is 5.37. The summed E-state index contributed by atoms with van der Waals surface area (Å²) in [5.41, 5.74) is 0. The summed E-state index contributed by atoms with van der Waals surface area (Å²) < 4.78 is 0. The van der Waals surface area contributed by atoms with Gasteiger partial charge in [0.15, 0.2) is 0 Å². The van der Waals surface area contributed by atoms with Gasteiger partial charge in [-0.1, -0.05) is 49.4 Å². The van der Waals surface area contributed by atoms with E-state index < -0.39 is 11.0 Å². The molecule has 0 saturated heterocycles. The maximum absolute atomic E-state index is 8.70. The molecular weight excluding hydrogens is 227 g/mol. The minimum atomic E-state index is -3.01. The van der Waals surface area contributed by atoms with E-state index in [9.17, 15) is 0 Å². The van der Waals surface area contributed by atoms with E-state index in [0.717, 1.165) is 25.7 Å². The van der Waals surface area contributed by atoms with Crippen molar-refractivity contribution in [3.63, 3.8) is 0 Å². The van der Waals surface area contributed by atoms with Crippen LogP contribution in [0.4, 0.5) is 0 Å². The van der Waals surface area contributed by atoms with Gasteiger partial charge in [-0.05, 0) is 12.8 Å². The molecule has 0 radical (unpaired) electrons. The van der Waals surface area contributed by atoms with Crippen LogP contribution in [0.2, 0.25) is 0 Å². The molecule has 0 aliphatic heterocycles. The third-order valence-corrected chi connectivity index (χ3v) is 2.74. The number of allylic oxidation sites excluding steroid dienone is 1. The van der Waals surface area contributed by atoms with E-state index in [4.69, 9.17) is 38.5 Å². The molecule has 0 fully saturated rings. The number of aliphatic hydroxyl groups is 3. The van der Waals surface area contributed by atoms with E-state index in [2.05, 4.69) is 6.92 Å². The van der Waals surface area contributed by atoms with Gasteiger partial charge in [0.25, 0.3) is 0 Å². The average Bonchev–Trinajstić information content (AvgIpc) is 2.09. The Morgan fingerprint density at radius 3 is 2.07 bits per heavy atom. The molecule has 0 bridgehead atoms. The van der Waals surface area contributed by atoms with Crippen molar-refractivity contribution in [1.82, 2.24) is 0 Å². The van der Waals surface area contributed by atoms with Crippen LogP contribution >= 0.6 is 23.2 Å². The zero-order valence-electron chi connectivity index (χ0n) is 8.13. The smallest absolute Gasteiger partial charge is 0.316 e. The van der Waals surface area contributed by atoms with Gasteiger partial charge in [-0.2, -0.15) is 0 Å². The van der Waals surface area contributed by atoms with Crippen molar-refractivity contribution in [1.29, 1.82) is 0 Å². The molecule has 84 valence electrons. The van der Waals surface area contributed by atoms with Gasteiger partial charge in [0.2, 0.25) is 0 Å². The Balaban J connectivity index is 3.99. The molecule has 0 aromatic heterocycles. The molecule has 3 nitrogen and oxygen atoms in total. The van der Waals surface area contributed by atoms with Crippen molar-refractivity contribution < 1.29 is 15.3 Å². The number of rotatable bonds is 6. The molecule has 0 unspecified atom stereocenters. The fraction of sp³-hybridized carbons (Fsp3) is 0.778. The maximum atomic E-state index is 8.70. The fourth-order valence-electron chi connectivity index (χ4n) is 0.999. The van der Waals surface area contributed by atoms with Crippen LogP contribution < -0.4 is 0 Å². The van der Waals surface area contributed by atoms with Gasteiger partial charge in [-0.15, -0.1) is 0 Å². The highest BCUT2D eigenvalue weighted by molar-refractivity contribution is 6.39. The molecule has 14 heavy (non-hydrogen) atoms. The molecule has 0 spiro atoms. The highest BCUT2D eigenvalue weighted by atomic mass is 35.5. The van der Waals surface area contributed by atoms with Crippen molar-refractivity contribution >= 4 is 23.2 Å². The Bertz CT molecular complexity index is 197. The Hall–Kier alpha value is 0.200. The Morgan fingerprint density at radius 2 is 1.64 bits per heavy atom. The predicted octanol–water partition coefficient (Wildman–Crippen LogP) is 2.28. The topological polar surface area (TPSA) is 60.7 Å². The molecule has 0 atom stereocenters. The number of hydrogen-bond donors (Lipinski definition) is 3. The molecule has 3 N–H and O–H groups in total. The van der Waals surface area contributed by atoms with Gasteiger partial charge in [0.05, 0.1) is 0 Å². The van der Waals surface area contributed by atoms with E-state index in [1.165, 1.54) is 0 Å². The summed E-state index contributed by atoms with van der Waals surface area (Å²) in [5.74, 6) is -3.01. The van der Waals surface area contributed by atoms with E-state index in [-0.39, 0.29) is 5.03 Å². The lowest BCUT2D eigenvalue weighted by Gasteiger charge is -2.14. The van der Waals surface area contributed by atoms with Gasteiger partial charge in [0.1, 0.15) is 5.03 Å². The van der Waals surface area contributed by atoms with E-state index in [0.29, 0.717) is 6.42 Å². The van der Waals surface area contributed by atoms with Gasteiger partial charge in [0, 0.05) is 5.03 Å². The highest BCUT2D eigenvalue weighted by Crippen LogP contribution is 2.26. The van der Waals surface area contributed by atoms with Crippen LogP contribution in [0, 0.1) is 0 Å². The maximum Gasteiger partial charge on any atom is 0.316 e. The lowest BCUT2D eigenvalue weighted by Crippen LogP contribution is -2.28. The Kier molecular flexibility index (Phi) is 6.74. The molecule has 0 aliphatic rings. The normalized spacial score (nSPS) is 14.1. The molecule has 0 aliphatic carbocycles. The first kappa shape index (κ1) is 14.2. The van der Waals surface area contributed by atoms with Crippen molar-refractivity contribution in [3.8, 4) is 0 Å². The summed E-state index contributed by atoms with van der Waals surface area (Å²) in [7, 11) is 0. The zero-order valence-corrected chi connectivity index (χ0v) is 9.64. The van der Waals surface area contributed by atoms with Crippen LogP contribution in [0.1, 0.15) is 39.0 Å². The first-order valence-electron chi connectivity index (χ1n) is 4.61. The third kappa shape index (κ3) is 5.83. The largest absolute Gasteiger partial charge is 0.339 e. The van der Waals surface area contributed by atoms with Crippen molar-refractivity contribution in [3.05, 3.63) is 10.1 Å². The van der Waals surface area contributed by atoms with Gasteiger partial charge in [-0.3, -0.25) is 0 Å². The highest BCUT2D eigenvalue weighted by Gasteiger charge is 2.26. The third-order valence-electron chi connectivity index (χ3n) is 1.78. The fourth-order valence-corrected chi connectivity index (χ4v) is 1.35. The minimum Gasteiger partial charge on any atom is -0.339 e.